The van der Waals surface area contributed by atoms with Gasteiger partial charge < -0.3 is 5.32 Å². The van der Waals surface area contributed by atoms with E-state index in [4.69, 9.17) is 0 Å². The Balaban J connectivity index is 2.74. The van der Waals surface area contributed by atoms with Crippen molar-refractivity contribution in [2.45, 2.75) is 57.8 Å². The third kappa shape index (κ3) is 4.13. The molecule has 1 N–H and O–H groups in total. The summed E-state index contributed by atoms with van der Waals surface area (Å²) in [5, 5.41) is 3.40. The Labute approximate surface area is 113 Å². The lowest BCUT2D eigenvalue weighted by atomic mass is 9.74. The zero-order valence-corrected chi connectivity index (χ0v) is 12.3. The Bertz CT molecular complexity index is 307. The molecule has 0 amide bonds. The van der Waals surface area contributed by atoms with Crippen molar-refractivity contribution in [3.63, 3.8) is 0 Å². The second-order valence-corrected chi connectivity index (χ2v) is 5.34. The van der Waals surface area contributed by atoms with Crippen molar-refractivity contribution in [3.05, 3.63) is 35.9 Å². The molecule has 1 unspecified atom stereocenters. The molecule has 0 radical (unpaired) electrons. The summed E-state index contributed by atoms with van der Waals surface area (Å²) in [6.45, 7) is 5.68. The van der Waals surface area contributed by atoms with Crippen molar-refractivity contribution in [1.82, 2.24) is 5.32 Å². The Morgan fingerprint density at radius 1 is 1.00 bits per heavy atom. The average Bonchev–Trinajstić information content (AvgIpc) is 2.43. The lowest BCUT2D eigenvalue weighted by Crippen LogP contribution is -2.36. The minimum Gasteiger partial charge on any atom is -0.319 e. The smallest absolute Gasteiger partial charge is 0.00750 e. The van der Waals surface area contributed by atoms with E-state index in [1.165, 1.54) is 44.1 Å². The van der Waals surface area contributed by atoms with E-state index in [9.17, 15) is 0 Å². The van der Waals surface area contributed by atoms with E-state index in [2.05, 4.69) is 56.5 Å². The molecule has 1 nitrogen and oxygen atoms in total. The number of benzene rings is 1. The molecule has 102 valence electrons. The number of hydrogen-bond acceptors (Lipinski definition) is 1. The minimum absolute atomic E-state index is 0.323. The Hall–Kier alpha value is -0.820. The molecule has 0 saturated carbocycles. The molecule has 18 heavy (non-hydrogen) atoms. The van der Waals surface area contributed by atoms with Gasteiger partial charge in [-0.2, -0.15) is 0 Å². The molecule has 0 aliphatic heterocycles. The normalized spacial score (nSPS) is 14.4. The van der Waals surface area contributed by atoms with Crippen LogP contribution in [0.15, 0.2) is 30.3 Å². The molecule has 0 spiro atoms. The highest BCUT2D eigenvalue weighted by molar-refractivity contribution is 5.25. The van der Waals surface area contributed by atoms with E-state index in [-0.39, 0.29) is 0 Å². The summed E-state index contributed by atoms with van der Waals surface area (Å²) in [7, 11) is 2.07. The zero-order valence-electron chi connectivity index (χ0n) is 12.3. The largest absolute Gasteiger partial charge is 0.319 e. The molecule has 0 fully saturated rings. The highest BCUT2D eigenvalue weighted by Gasteiger charge is 2.28. The van der Waals surface area contributed by atoms with Crippen LogP contribution < -0.4 is 5.32 Å². The maximum atomic E-state index is 3.40. The Kier molecular flexibility index (Phi) is 7.04. The first-order valence-corrected chi connectivity index (χ1v) is 7.49. The third-order valence-electron chi connectivity index (χ3n) is 4.09. The number of hydrogen-bond donors (Lipinski definition) is 1. The topological polar surface area (TPSA) is 12.0 Å². The SMILES string of the molecule is CCCCCCC(CC)(CNC)c1ccccc1. The maximum absolute atomic E-state index is 3.40. The highest BCUT2D eigenvalue weighted by Crippen LogP contribution is 2.33. The maximum Gasteiger partial charge on any atom is 0.00750 e. The lowest BCUT2D eigenvalue weighted by molar-refractivity contribution is 0.349. The standard InChI is InChI=1S/C17H29N/c1-4-6-7-11-14-17(5-2,15-18-3)16-12-9-8-10-13-16/h8-10,12-13,18H,4-7,11,14-15H2,1-3H3. The van der Waals surface area contributed by atoms with Gasteiger partial charge in [-0.3, -0.25) is 0 Å². The van der Waals surface area contributed by atoms with Gasteiger partial charge in [0.2, 0.25) is 0 Å². The van der Waals surface area contributed by atoms with E-state index in [0.717, 1.165) is 6.54 Å². The summed E-state index contributed by atoms with van der Waals surface area (Å²) in [6.07, 6.45) is 7.91. The molecule has 0 aliphatic carbocycles. The number of unbranched alkanes of at least 4 members (excludes halogenated alkanes) is 3. The molecule has 1 aromatic rings. The average molecular weight is 247 g/mol. The van der Waals surface area contributed by atoms with Gasteiger partial charge in [0, 0.05) is 12.0 Å². The summed E-state index contributed by atoms with van der Waals surface area (Å²) in [5.41, 5.74) is 1.82. The first-order chi connectivity index (χ1) is 8.79. The van der Waals surface area contributed by atoms with E-state index in [0.29, 0.717) is 5.41 Å². The molecular weight excluding hydrogens is 218 g/mol. The predicted molar refractivity (Wildman–Crippen MR) is 81.1 cm³/mol. The molecule has 1 heteroatoms. The van der Waals surface area contributed by atoms with E-state index < -0.39 is 0 Å². The molecular formula is C17H29N. The second-order valence-electron chi connectivity index (χ2n) is 5.34. The molecule has 1 aromatic carbocycles. The van der Waals surface area contributed by atoms with Crippen LogP contribution in [0.25, 0.3) is 0 Å². The Morgan fingerprint density at radius 2 is 1.72 bits per heavy atom. The van der Waals surface area contributed by atoms with Crippen LogP contribution in [0.4, 0.5) is 0 Å². The third-order valence-corrected chi connectivity index (χ3v) is 4.09. The number of nitrogens with one attached hydrogen (secondary N) is 1. The zero-order chi connectivity index (χ0) is 13.3. The summed E-state index contributed by atoms with van der Waals surface area (Å²) >= 11 is 0. The predicted octanol–water partition coefficient (Wildman–Crippen LogP) is 4.52. The van der Waals surface area contributed by atoms with E-state index in [1.54, 1.807) is 0 Å². The van der Waals surface area contributed by atoms with Crippen molar-refractivity contribution in [1.29, 1.82) is 0 Å². The molecule has 0 heterocycles. The van der Waals surface area contributed by atoms with Crippen molar-refractivity contribution in [3.8, 4) is 0 Å². The molecule has 1 atom stereocenters. The fourth-order valence-corrected chi connectivity index (χ4v) is 2.86. The van der Waals surface area contributed by atoms with Gasteiger partial charge in [0.05, 0.1) is 0 Å². The van der Waals surface area contributed by atoms with Gasteiger partial charge in [0.25, 0.3) is 0 Å². The van der Waals surface area contributed by atoms with Crippen molar-refractivity contribution >= 4 is 0 Å². The molecule has 0 saturated heterocycles. The van der Waals surface area contributed by atoms with Gasteiger partial charge in [-0.05, 0) is 25.5 Å². The fraction of sp³-hybridized carbons (Fsp3) is 0.647. The summed E-state index contributed by atoms with van der Waals surface area (Å²) in [4.78, 5) is 0. The molecule has 0 bridgehead atoms. The van der Waals surface area contributed by atoms with Gasteiger partial charge in [-0.15, -0.1) is 0 Å². The van der Waals surface area contributed by atoms with E-state index in [1.807, 2.05) is 0 Å². The fourth-order valence-electron chi connectivity index (χ4n) is 2.86. The van der Waals surface area contributed by atoms with Crippen molar-refractivity contribution in [2.24, 2.45) is 0 Å². The van der Waals surface area contributed by atoms with Gasteiger partial charge in [-0.1, -0.05) is 69.9 Å². The van der Waals surface area contributed by atoms with Gasteiger partial charge in [-0.25, -0.2) is 0 Å². The van der Waals surface area contributed by atoms with Crippen LogP contribution in [-0.2, 0) is 5.41 Å². The van der Waals surface area contributed by atoms with Crippen LogP contribution in [0.5, 0.6) is 0 Å². The number of rotatable bonds is 9. The summed E-state index contributed by atoms with van der Waals surface area (Å²) < 4.78 is 0. The molecule has 0 aliphatic rings. The second kappa shape index (κ2) is 8.31. The number of likely N-dealkylation sites (N-methyl/N-ethyl adjacent to an activating group) is 1. The molecule has 0 aromatic heterocycles. The lowest BCUT2D eigenvalue weighted by Gasteiger charge is -2.33. The van der Waals surface area contributed by atoms with Crippen LogP contribution >= 0.6 is 0 Å². The van der Waals surface area contributed by atoms with Crippen LogP contribution in [-0.4, -0.2) is 13.6 Å². The van der Waals surface area contributed by atoms with Crippen LogP contribution in [0.2, 0.25) is 0 Å². The summed E-state index contributed by atoms with van der Waals surface area (Å²) in [6, 6.07) is 11.0. The van der Waals surface area contributed by atoms with Crippen LogP contribution in [0, 0.1) is 0 Å². The van der Waals surface area contributed by atoms with Crippen LogP contribution in [0.3, 0.4) is 0 Å². The van der Waals surface area contributed by atoms with Crippen LogP contribution in [0.1, 0.15) is 57.9 Å². The van der Waals surface area contributed by atoms with Gasteiger partial charge in [0.1, 0.15) is 0 Å². The van der Waals surface area contributed by atoms with Crippen molar-refractivity contribution < 1.29 is 0 Å². The van der Waals surface area contributed by atoms with Crippen molar-refractivity contribution in [2.75, 3.05) is 13.6 Å². The van der Waals surface area contributed by atoms with E-state index >= 15 is 0 Å². The quantitative estimate of drug-likeness (QED) is 0.632. The first kappa shape index (κ1) is 15.2. The highest BCUT2D eigenvalue weighted by atomic mass is 14.8. The van der Waals surface area contributed by atoms with Gasteiger partial charge >= 0.3 is 0 Å². The van der Waals surface area contributed by atoms with Gasteiger partial charge in [0.15, 0.2) is 0 Å². The minimum atomic E-state index is 0.323. The Morgan fingerprint density at radius 3 is 2.28 bits per heavy atom. The monoisotopic (exact) mass is 247 g/mol. The molecule has 1 rings (SSSR count). The summed E-state index contributed by atoms with van der Waals surface area (Å²) in [5.74, 6) is 0. The first-order valence-electron chi connectivity index (χ1n) is 7.49.